The number of nitrogens with zero attached hydrogens (tertiary/aromatic N) is 2. The van der Waals surface area contributed by atoms with Crippen molar-refractivity contribution in [2.75, 3.05) is 47.4 Å². The van der Waals surface area contributed by atoms with Gasteiger partial charge in [-0.25, -0.2) is 0 Å². The molecule has 8 heteroatoms. The van der Waals surface area contributed by atoms with Gasteiger partial charge < -0.3 is 20.1 Å². The van der Waals surface area contributed by atoms with Crippen LogP contribution in [0.3, 0.4) is 0 Å². The molecule has 0 aliphatic carbocycles. The lowest BCUT2D eigenvalue weighted by atomic mass is 9.63. The van der Waals surface area contributed by atoms with E-state index in [1.165, 1.54) is 17.5 Å². The van der Waals surface area contributed by atoms with Crippen molar-refractivity contribution in [3.05, 3.63) is 59.7 Å². The maximum atomic E-state index is 5.90. The molecule has 0 saturated carbocycles. The van der Waals surface area contributed by atoms with Crippen LogP contribution in [0, 0.1) is 5.92 Å². The van der Waals surface area contributed by atoms with Crippen LogP contribution in [0.5, 0.6) is 11.5 Å². The Labute approximate surface area is 237 Å². The summed E-state index contributed by atoms with van der Waals surface area (Å²) in [5.74, 6) is 2.15. The Bertz CT molecular complexity index is 874. The second-order valence-electron chi connectivity index (χ2n) is 9.77. The molecule has 0 radical (unpaired) electrons. The summed E-state index contributed by atoms with van der Waals surface area (Å²) in [6.45, 7) is 9.59. The quantitative estimate of drug-likeness (QED) is 0.375. The maximum Gasteiger partial charge on any atom is 0.161 e. The van der Waals surface area contributed by atoms with Gasteiger partial charge >= 0.3 is 0 Å². The van der Waals surface area contributed by atoms with Crippen molar-refractivity contribution < 1.29 is 9.47 Å². The van der Waals surface area contributed by atoms with Gasteiger partial charge in [0.05, 0.1) is 14.2 Å². The zero-order chi connectivity index (χ0) is 23.8. The molecule has 1 fully saturated rings. The molecule has 0 aromatic heterocycles. The van der Waals surface area contributed by atoms with Gasteiger partial charge in [-0.15, -0.1) is 37.2 Å². The summed E-state index contributed by atoms with van der Waals surface area (Å²) in [4.78, 5) is 5.08. The summed E-state index contributed by atoms with van der Waals surface area (Å²) in [5.41, 5.74) is 8.81. The first-order valence-electron chi connectivity index (χ1n) is 12.3. The van der Waals surface area contributed by atoms with Crippen LogP contribution < -0.4 is 15.2 Å². The Hall–Kier alpha value is -1.21. The van der Waals surface area contributed by atoms with E-state index in [2.05, 4.69) is 73.2 Å². The molecule has 3 unspecified atom stereocenters. The number of halogens is 3. The number of piperidine rings is 1. The van der Waals surface area contributed by atoms with E-state index in [9.17, 15) is 0 Å². The molecule has 1 saturated heterocycles. The molecule has 1 heterocycles. The van der Waals surface area contributed by atoms with Crippen molar-refractivity contribution in [3.63, 3.8) is 0 Å². The Morgan fingerprint density at radius 3 is 2.25 bits per heavy atom. The third kappa shape index (κ3) is 8.41. The number of hydrogen-bond acceptors (Lipinski definition) is 5. The highest BCUT2D eigenvalue weighted by atomic mass is 35.5. The number of nitrogens with two attached hydrogens (primary N) is 1. The summed E-state index contributed by atoms with van der Waals surface area (Å²) in [6.07, 6.45) is 3.34. The van der Waals surface area contributed by atoms with Crippen LogP contribution in [-0.4, -0.2) is 63.3 Å². The lowest BCUT2D eigenvalue weighted by Gasteiger charge is -2.50. The van der Waals surface area contributed by atoms with Crippen LogP contribution in [0.4, 0.5) is 0 Å². The number of benzene rings is 2. The van der Waals surface area contributed by atoms with Crippen molar-refractivity contribution in [2.45, 2.75) is 51.1 Å². The Balaban J connectivity index is 0.00000408. The number of hydrogen-bond donors (Lipinski definition) is 1. The van der Waals surface area contributed by atoms with Crippen molar-refractivity contribution >= 4 is 37.2 Å². The molecule has 206 valence electrons. The standard InChI is InChI=1S/C28H43N3O2.3ClH/c1-22-20-30(3)23(2)19-28(22,25-10-7-6-8-11-25)14-17-31(16-9-15-29)21-24-12-13-26(32-4)27(18-24)33-5;;;/h6-8,10-13,18,22-23H,9,14-17,19-21,29H2,1-5H3;3*1H. The lowest BCUT2D eigenvalue weighted by Crippen LogP contribution is -2.52. The highest BCUT2D eigenvalue weighted by molar-refractivity contribution is 5.86. The van der Waals surface area contributed by atoms with Gasteiger partial charge in [-0.1, -0.05) is 43.3 Å². The number of methoxy groups -OCH3 is 2. The molecule has 2 aromatic carbocycles. The third-order valence-corrected chi connectivity index (χ3v) is 7.67. The number of ether oxygens (including phenoxy) is 2. The number of rotatable bonds is 11. The lowest BCUT2D eigenvalue weighted by molar-refractivity contribution is 0.0600. The third-order valence-electron chi connectivity index (χ3n) is 7.67. The van der Waals surface area contributed by atoms with E-state index in [1.54, 1.807) is 14.2 Å². The average Bonchev–Trinajstić information content (AvgIpc) is 2.84. The Morgan fingerprint density at radius 2 is 1.64 bits per heavy atom. The predicted octanol–water partition coefficient (Wildman–Crippen LogP) is 5.81. The fourth-order valence-electron chi connectivity index (χ4n) is 5.52. The molecule has 5 nitrogen and oxygen atoms in total. The maximum absolute atomic E-state index is 5.90. The van der Waals surface area contributed by atoms with Crippen molar-refractivity contribution in [2.24, 2.45) is 11.7 Å². The van der Waals surface area contributed by atoms with E-state index in [-0.39, 0.29) is 42.6 Å². The van der Waals surface area contributed by atoms with Gasteiger partial charge in [-0.05, 0) is 82.0 Å². The van der Waals surface area contributed by atoms with E-state index in [0.717, 1.165) is 50.5 Å². The van der Waals surface area contributed by atoms with Crippen LogP contribution in [0.1, 0.15) is 44.2 Å². The number of likely N-dealkylation sites (tertiary alicyclic amines) is 1. The fraction of sp³-hybridized carbons (Fsp3) is 0.571. The second-order valence-corrected chi connectivity index (χ2v) is 9.77. The summed E-state index contributed by atoms with van der Waals surface area (Å²) in [6, 6.07) is 18.0. The second kappa shape index (κ2) is 16.6. The fourth-order valence-corrected chi connectivity index (χ4v) is 5.52. The van der Waals surface area contributed by atoms with Crippen LogP contribution in [-0.2, 0) is 12.0 Å². The molecule has 36 heavy (non-hydrogen) atoms. The summed E-state index contributed by atoms with van der Waals surface area (Å²) >= 11 is 0. The van der Waals surface area contributed by atoms with Crippen molar-refractivity contribution in [1.29, 1.82) is 0 Å². The van der Waals surface area contributed by atoms with Gasteiger partial charge in [-0.2, -0.15) is 0 Å². The van der Waals surface area contributed by atoms with E-state index in [4.69, 9.17) is 15.2 Å². The normalized spacial score (nSPS) is 21.6. The molecular formula is C28H46Cl3N3O2. The van der Waals surface area contributed by atoms with Crippen molar-refractivity contribution in [1.82, 2.24) is 9.80 Å². The van der Waals surface area contributed by atoms with Crippen LogP contribution in [0.2, 0.25) is 0 Å². The van der Waals surface area contributed by atoms with Crippen LogP contribution in [0.15, 0.2) is 48.5 Å². The Morgan fingerprint density at radius 1 is 0.972 bits per heavy atom. The van der Waals surface area contributed by atoms with E-state index in [0.29, 0.717) is 18.5 Å². The van der Waals surface area contributed by atoms with Crippen molar-refractivity contribution in [3.8, 4) is 11.5 Å². The first-order chi connectivity index (χ1) is 15.9. The molecule has 1 aliphatic rings. The van der Waals surface area contributed by atoms with Gasteiger partial charge in [-0.3, -0.25) is 4.90 Å². The minimum atomic E-state index is 0. The van der Waals surface area contributed by atoms with E-state index in [1.807, 2.05) is 6.07 Å². The van der Waals surface area contributed by atoms with E-state index >= 15 is 0 Å². The monoisotopic (exact) mass is 561 g/mol. The summed E-state index contributed by atoms with van der Waals surface area (Å²) in [7, 11) is 5.64. The SMILES string of the molecule is COc1ccc(CN(CCCN)CCC2(c3ccccc3)CC(C)N(C)CC2C)cc1OC.Cl.Cl.Cl. The smallest absolute Gasteiger partial charge is 0.161 e. The van der Waals surface area contributed by atoms with Gasteiger partial charge in [0.15, 0.2) is 11.5 Å². The minimum Gasteiger partial charge on any atom is -0.493 e. The zero-order valence-electron chi connectivity index (χ0n) is 22.4. The molecule has 3 rings (SSSR count). The van der Waals surface area contributed by atoms with Gasteiger partial charge in [0.2, 0.25) is 0 Å². The predicted molar refractivity (Wildman–Crippen MR) is 159 cm³/mol. The zero-order valence-corrected chi connectivity index (χ0v) is 24.9. The van der Waals surface area contributed by atoms with Gasteiger partial charge in [0, 0.05) is 24.5 Å². The largest absolute Gasteiger partial charge is 0.493 e. The highest BCUT2D eigenvalue weighted by Gasteiger charge is 2.43. The first kappa shape index (κ1) is 34.8. The molecule has 3 atom stereocenters. The molecule has 0 bridgehead atoms. The Kier molecular flexibility index (Phi) is 16.0. The molecule has 0 spiro atoms. The first-order valence-corrected chi connectivity index (χ1v) is 12.3. The molecule has 1 aliphatic heterocycles. The highest BCUT2D eigenvalue weighted by Crippen LogP contribution is 2.44. The molecular weight excluding hydrogens is 517 g/mol. The average molecular weight is 563 g/mol. The van der Waals surface area contributed by atoms with Crippen LogP contribution in [0.25, 0.3) is 0 Å². The molecule has 2 N–H and O–H groups in total. The van der Waals surface area contributed by atoms with Crippen LogP contribution >= 0.6 is 37.2 Å². The van der Waals surface area contributed by atoms with E-state index < -0.39 is 0 Å². The van der Waals surface area contributed by atoms with Gasteiger partial charge in [0.25, 0.3) is 0 Å². The molecule has 2 aromatic rings. The topological polar surface area (TPSA) is 51.0 Å². The molecule has 0 amide bonds. The summed E-state index contributed by atoms with van der Waals surface area (Å²) < 4.78 is 11.0. The summed E-state index contributed by atoms with van der Waals surface area (Å²) in [5, 5.41) is 0. The minimum absolute atomic E-state index is 0. The van der Waals surface area contributed by atoms with Gasteiger partial charge in [0.1, 0.15) is 0 Å².